The number of halogens is 1. The standard InChI is InChI=1S/C15H14ClNO2S/c1-17-15-11(7-5-8-12(15)19-2)14(16)10-6-3-4-9-13(10)20(17)18/h3-9,14H,1-2H3. The van der Waals surface area contributed by atoms with Crippen molar-refractivity contribution in [1.82, 2.24) is 0 Å². The summed E-state index contributed by atoms with van der Waals surface area (Å²) in [5.74, 6) is 0.678. The molecule has 2 aromatic rings. The lowest BCUT2D eigenvalue weighted by Gasteiger charge is -2.21. The zero-order valence-corrected chi connectivity index (χ0v) is 12.7. The minimum atomic E-state index is -1.30. The largest absolute Gasteiger partial charge is 0.495 e. The Kier molecular flexibility index (Phi) is 3.44. The molecule has 1 aliphatic rings. The topological polar surface area (TPSA) is 29.5 Å². The molecule has 0 bridgehead atoms. The van der Waals surface area contributed by atoms with Crippen molar-refractivity contribution >= 4 is 28.3 Å². The molecule has 0 amide bonds. The molecule has 2 aromatic carbocycles. The van der Waals surface area contributed by atoms with Crippen LogP contribution in [0.15, 0.2) is 47.4 Å². The van der Waals surface area contributed by atoms with Gasteiger partial charge in [0.15, 0.2) is 11.0 Å². The van der Waals surface area contributed by atoms with Crippen molar-refractivity contribution in [2.24, 2.45) is 0 Å². The van der Waals surface area contributed by atoms with E-state index in [1.807, 2.05) is 42.5 Å². The summed E-state index contributed by atoms with van der Waals surface area (Å²) in [4.78, 5) is 0.744. The Morgan fingerprint density at radius 3 is 2.60 bits per heavy atom. The van der Waals surface area contributed by atoms with E-state index in [0.717, 1.165) is 21.7 Å². The molecule has 3 rings (SSSR count). The Labute approximate surface area is 125 Å². The van der Waals surface area contributed by atoms with Gasteiger partial charge < -0.3 is 4.74 Å². The summed E-state index contributed by atoms with van der Waals surface area (Å²) in [6, 6.07) is 13.3. The molecule has 0 radical (unpaired) electrons. The molecule has 0 N–H and O–H groups in total. The van der Waals surface area contributed by atoms with Crippen LogP contribution < -0.4 is 9.04 Å². The molecule has 1 heterocycles. The number of alkyl halides is 1. The number of nitrogens with zero attached hydrogens (tertiary/aromatic N) is 1. The van der Waals surface area contributed by atoms with Crippen LogP contribution in [-0.2, 0) is 11.0 Å². The molecule has 0 saturated heterocycles. The molecule has 0 aliphatic carbocycles. The van der Waals surface area contributed by atoms with E-state index < -0.39 is 11.0 Å². The van der Waals surface area contributed by atoms with Crippen LogP contribution in [0.4, 0.5) is 5.69 Å². The highest BCUT2D eigenvalue weighted by molar-refractivity contribution is 7.86. The first-order chi connectivity index (χ1) is 9.65. The number of fused-ring (bicyclic) bond motifs is 2. The van der Waals surface area contributed by atoms with Gasteiger partial charge in [-0.25, -0.2) is 4.21 Å². The summed E-state index contributed by atoms with van der Waals surface area (Å²) in [6.45, 7) is 0. The number of hydrogen-bond acceptors (Lipinski definition) is 2. The Bertz CT molecular complexity index is 689. The van der Waals surface area contributed by atoms with E-state index >= 15 is 0 Å². The Morgan fingerprint density at radius 1 is 1.15 bits per heavy atom. The molecule has 0 aromatic heterocycles. The third kappa shape index (κ3) is 1.91. The number of para-hydroxylation sites is 1. The van der Waals surface area contributed by atoms with Gasteiger partial charge in [0, 0.05) is 12.6 Å². The van der Waals surface area contributed by atoms with Gasteiger partial charge in [0.1, 0.15) is 5.75 Å². The summed E-state index contributed by atoms with van der Waals surface area (Å²) in [5.41, 5.74) is 2.57. The molecule has 20 heavy (non-hydrogen) atoms. The number of hydrogen-bond donors (Lipinski definition) is 0. The lowest BCUT2D eigenvalue weighted by molar-refractivity contribution is 0.415. The maximum Gasteiger partial charge on any atom is 0.153 e. The third-order valence-corrected chi connectivity index (χ3v) is 5.37. The van der Waals surface area contributed by atoms with Crippen LogP contribution >= 0.6 is 11.6 Å². The van der Waals surface area contributed by atoms with Gasteiger partial charge in [0.25, 0.3) is 0 Å². The molecule has 104 valence electrons. The molecular weight excluding hydrogens is 294 g/mol. The fourth-order valence-corrected chi connectivity index (χ4v) is 4.16. The van der Waals surface area contributed by atoms with Gasteiger partial charge in [-0.1, -0.05) is 30.3 Å². The molecular formula is C15H14ClNO2S. The zero-order valence-electron chi connectivity index (χ0n) is 11.2. The van der Waals surface area contributed by atoms with Crippen molar-refractivity contribution < 1.29 is 8.95 Å². The monoisotopic (exact) mass is 307 g/mol. The number of anilines is 1. The molecule has 0 spiro atoms. The first kappa shape index (κ1) is 13.5. The zero-order chi connectivity index (χ0) is 14.3. The van der Waals surface area contributed by atoms with E-state index in [9.17, 15) is 4.21 Å². The van der Waals surface area contributed by atoms with E-state index in [4.69, 9.17) is 16.3 Å². The van der Waals surface area contributed by atoms with Gasteiger partial charge in [0.05, 0.1) is 23.1 Å². The first-order valence-corrected chi connectivity index (χ1v) is 7.75. The van der Waals surface area contributed by atoms with Crippen LogP contribution in [0.2, 0.25) is 0 Å². The molecule has 2 unspecified atom stereocenters. The van der Waals surface area contributed by atoms with Crippen LogP contribution in [0.5, 0.6) is 5.75 Å². The minimum absolute atomic E-state index is 0.342. The number of ether oxygens (including phenoxy) is 1. The first-order valence-electron chi connectivity index (χ1n) is 6.20. The predicted molar refractivity (Wildman–Crippen MR) is 81.9 cm³/mol. The van der Waals surface area contributed by atoms with Crippen molar-refractivity contribution in [2.75, 3.05) is 18.5 Å². The van der Waals surface area contributed by atoms with Crippen molar-refractivity contribution in [3.05, 3.63) is 53.6 Å². The van der Waals surface area contributed by atoms with E-state index in [-0.39, 0.29) is 5.38 Å². The second kappa shape index (κ2) is 5.11. The Balaban J connectivity index is 2.32. The van der Waals surface area contributed by atoms with Gasteiger partial charge in [-0.2, -0.15) is 0 Å². The van der Waals surface area contributed by atoms with Gasteiger partial charge in [-0.15, -0.1) is 11.6 Å². The van der Waals surface area contributed by atoms with Crippen LogP contribution in [0, 0.1) is 0 Å². The highest BCUT2D eigenvalue weighted by Crippen LogP contribution is 2.45. The third-order valence-electron chi connectivity index (χ3n) is 3.47. The normalized spacial score (nSPS) is 20.9. The molecule has 0 saturated carbocycles. The van der Waals surface area contributed by atoms with Crippen LogP contribution in [0.3, 0.4) is 0 Å². The van der Waals surface area contributed by atoms with Gasteiger partial charge in [-0.3, -0.25) is 4.31 Å². The fraction of sp³-hybridized carbons (Fsp3) is 0.200. The van der Waals surface area contributed by atoms with Crippen molar-refractivity contribution in [1.29, 1.82) is 0 Å². The molecule has 0 fully saturated rings. The fourth-order valence-electron chi connectivity index (χ4n) is 2.49. The smallest absolute Gasteiger partial charge is 0.153 e. The van der Waals surface area contributed by atoms with E-state index in [0.29, 0.717) is 5.75 Å². The summed E-state index contributed by atoms with van der Waals surface area (Å²) in [5, 5.41) is -0.342. The molecule has 1 aliphatic heterocycles. The maximum absolute atomic E-state index is 12.7. The van der Waals surface area contributed by atoms with E-state index in [1.54, 1.807) is 18.5 Å². The second-order valence-electron chi connectivity index (χ2n) is 4.55. The number of rotatable bonds is 1. The molecule has 3 nitrogen and oxygen atoms in total. The maximum atomic E-state index is 12.7. The second-order valence-corrected chi connectivity index (χ2v) is 6.47. The van der Waals surface area contributed by atoms with Gasteiger partial charge in [0.2, 0.25) is 0 Å². The lowest BCUT2D eigenvalue weighted by Crippen LogP contribution is -2.21. The Hall–Kier alpha value is -1.52. The van der Waals surface area contributed by atoms with Crippen molar-refractivity contribution in [2.45, 2.75) is 10.3 Å². The minimum Gasteiger partial charge on any atom is -0.495 e. The van der Waals surface area contributed by atoms with E-state index in [1.165, 1.54) is 0 Å². The average Bonchev–Trinajstić information content (AvgIpc) is 2.58. The van der Waals surface area contributed by atoms with E-state index in [2.05, 4.69) is 0 Å². The van der Waals surface area contributed by atoms with Crippen LogP contribution in [-0.4, -0.2) is 18.4 Å². The quantitative estimate of drug-likeness (QED) is 0.755. The highest BCUT2D eigenvalue weighted by atomic mass is 35.5. The van der Waals surface area contributed by atoms with Crippen LogP contribution in [0.1, 0.15) is 16.5 Å². The Morgan fingerprint density at radius 2 is 1.85 bits per heavy atom. The highest BCUT2D eigenvalue weighted by Gasteiger charge is 2.30. The van der Waals surface area contributed by atoms with Crippen LogP contribution in [0.25, 0.3) is 0 Å². The lowest BCUT2D eigenvalue weighted by atomic mass is 10.0. The van der Waals surface area contributed by atoms with Crippen molar-refractivity contribution in [3.8, 4) is 5.75 Å². The summed E-state index contributed by atoms with van der Waals surface area (Å²) in [6.07, 6.45) is 0. The summed E-state index contributed by atoms with van der Waals surface area (Å²) < 4.78 is 19.9. The molecule has 5 heteroatoms. The molecule has 2 atom stereocenters. The predicted octanol–water partition coefficient (Wildman–Crippen LogP) is 3.50. The van der Waals surface area contributed by atoms with Gasteiger partial charge in [-0.05, 0) is 17.7 Å². The average molecular weight is 308 g/mol. The number of benzene rings is 2. The number of methoxy groups -OCH3 is 1. The van der Waals surface area contributed by atoms with Crippen molar-refractivity contribution in [3.63, 3.8) is 0 Å². The summed E-state index contributed by atoms with van der Waals surface area (Å²) in [7, 11) is 2.10. The SMILES string of the molecule is COc1cccc2c1N(C)S(=O)c1ccccc1C2Cl. The van der Waals surface area contributed by atoms with Gasteiger partial charge >= 0.3 is 0 Å². The summed E-state index contributed by atoms with van der Waals surface area (Å²) >= 11 is 6.63.